The lowest BCUT2D eigenvalue weighted by Gasteiger charge is -2.47. The molecule has 0 bridgehead atoms. The van der Waals surface area contributed by atoms with Gasteiger partial charge in [0.15, 0.2) is 24.8 Å². The summed E-state index contributed by atoms with van der Waals surface area (Å²) in [6.45, 7) is 1.47. The van der Waals surface area contributed by atoms with Gasteiger partial charge in [-0.15, -0.1) is 0 Å². The van der Waals surface area contributed by atoms with E-state index in [4.69, 9.17) is 33.2 Å². The second-order valence-corrected chi connectivity index (χ2v) is 7.64. The molecule has 2 heterocycles. The highest BCUT2D eigenvalue weighted by atomic mass is 16.8. The average Bonchev–Trinajstić information content (AvgIpc) is 2.84. The van der Waals surface area contributed by atoms with E-state index in [2.05, 4.69) is 0 Å². The number of rotatable bonds is 6. The highest BCUT2D eigenvalue weighted by molar-refractivity contribution is 5.66. The monoisotopic (exact) mass is 458 g/mol. The molecule has 6 atom stereocenters. The van der Waals surface area contributed by atoms with Crippen LogP contribution in [-0.4, -0.2) is 56.5 Å². The van der Waals surface area contributed by atoms with Gasteiger partial charge < -0.3 is 33.2 Å². The molecule has 0 amide bonds. The van der Waals surface area contributed by atoms with Crippen LogP contribution in [0.3, 0.4) is 0 Å². The molecule has 2 saturated heterocycles. The van der Waals surface area contributed by atoms with Crippen molar-refractivity contribution in [3.63, 3.8) is 0 Å². The highest BCUT2D eigenvalue weighted by Crippen LogP contribution is 2.36. The molecule has 0 spiro atoms. The van der Waals surface area contributed by atoms with Gasteiger partial charge in [-0.2, -0.15) is 0 Å². The standard InChI is InChI=1S/C24H26O9/c1-15(25)30-20-19-18(14-28-22(32-19)17-11-7-4-8-12-17)31-23(27-2)21(20)33-24(26)29-13-16-9-5-3-6-10-16/h3-12,18-23H,13-14H2,1-2H3/t18-,19-,20+,21-,22?,23+/m1/s1. The molecule has 176 valence electrons. The number of carbonyl (C=O) groups excluding carboxylic acids is 2. The Kier molecular flexibility index (Phi) is 7.56. The van der Waals surface area contributed by atoms with Crippen LogP contribution in [0.15, 0.2) is 60.7 Å². The molecule has 2 aromatic rings. The molecule has 2 aliphatic heterocycles. The van der Waals surface area contributed by atoms with E-state index in [-0.39, 0.29) is 13.2 Å². The maximum atomic E-state index is 12.5. The van der Waals surface area contributed by atoms with Crippen molar-refractivity contribution in [2.24, 2.45) is 0 Å². The van der Waals surface area contributed by atoms with Gasteiger partial charge in [-0.1, -0.05) is 60.7 Å². The van der Waals surface area contributed by atoms with Crippen molar-refractivity contribution in [3.8, 4) is 0 Å². The number of esters is 1. The SMILES string of the molecule is CO[C@H]1O[C@@H]2COC(c3ccccc3)O[C@H]2[C@H](OC(C)=O)[C@H]1OC(=O)OCc1ccccc1. The van der Waals surface area contributed by atoms with Gasteiger partial charge in [0, 0.05) is 19.6 Å². The second-order valence-electron chi connectivity index (χ2n) is 7.64. The van der Waals surface area contributed by atoms with Gasteiger partial charge in [0.05, 0.1) is 6.61 Å². The summed E-state index contributed by atoms with van der Waals surface area (Å²) in [5.74, 6) is -0.562. The maximum absolute atomic E-state index is 12.5. The van der Waals surface area contributed by atoms with Crippen LogP contribution in [0.4, 0.5) is 4.79 Å². The maximum Gasteiger partial charge on any atom is 0.509 e. The number of fused-ring (bicyclic) bond motifs is 1. The first-order chi connectivity index (χ1) is 16.0. The van der Waals surface area contributed by atoms with E-state index in [0.29, 0.717) is 0 Å². The van der Waals surface area contributed by atoms with Crippen molar-refractivity contribution >= 4 is 12.1 Å². The molecule has 0 aromatic heterocycles. The molecule has 2 aliphatic rings. The van der Waals surface area contributed by atoms with Crippen LogP contribution in [0, 0.1) is 0 Å². The van der Waals surface area contributed by atoms with Crippen molar-refractivity contribution in [2.75, 3.05) is 13.7 Å². The van der Waals surface area contributed by atoms with Crippen LogP contribution in [0.25, 0.3) is 0 Å². The normalized spacial score (nSPS) is 28.9. The van der Waals surface area contributed by atoms with E-state index < -0.39 is 49.1 Å². The van der Waals surface area contributed by atoms with Crippen LogP contribution < -0.4 is 0 Å². The number of benzene rings is 2. The minimum atomic E-state index is -1.11. The Labute approximate surface area is 191 Å². The molecule has 0 aliphatic carbocycles. The summed E-state index contributed by atoms with van der Waals surface area (Å²) in [7, 11) is 1.40. The molecule has 33 heavy (non-hydrogen) atoms. The number of ether oxygens (including phenoxy) is 7. The third kappa shape index (κ3) is 5.69. The molecule has 2 aromatic carbocycles. The van der Waals surface area contributed by atoms with Gasteiger partial charge in [0.2, 0.25) is 0 Å². The van der Waals surface area contributed by atoms with Crippen LogP contribution in [0.1, 0.15) is 24.3 Å². The Balaban J connectivity index is 1.50. The Bertz CT molecular complexity index is 920. The van der Waals surface area contributed by atoms with Gasteiger partial charge in [-0.25, -0.2) is 4.79 Å². The fourth-order valence-electron chi connectivity index (χ4n) is 3.83. The van der Waals surface area contributed by atoms with Crippen LogP contribution in [0.2, 0.25) is 0 Å². The lowest BCUT2D eigenvalue weighted by molar-refractivity contribution is -0.358. The minimum absolute atomic E-state index is 0.0234. The fourth-order valence-corrected chi connectivity index (χ4v) is 3.83. The zero-order chi connectivity index (χ0) is 23.2. The van der Waals surface area contributed by atoms with Gasteiger partial charge >= 0.3 is 12.1 Å². The van der Waals surface area contributed by atoms with Crippen molar-refractivity contribution in [1.29, 1.82) is 0 Å². The molecular weight excluding hydrogens is 432 g/mol. The number of methoxy groups -OCH3 is 1. The third-order valence-electron chi connectivity index (χ3n) is 5.32. The number of hydrogen-bond donors (Lipinski definition) is 0. The van der Waals surface area contributed by atoms with E-state index in [9.17, 15) is 9.59 Å². The molecule has 0 N–H and O–H groups in total. The molecular formula is C24H26O9. The largest absolute Gasteiger partial charge is 0.509 e. The first-order valence-corrected chi connectivity index (χ1v) is 10.6. The highest BCUT2D eigenvalue weighted by Gasteiger charge is 2.54. The Morgan fingerprint density at radius 1 is 0.939 bits per heavy atom. The summed E-state index contributed by atoms with van der Waals surface area (Å²) in [5, 5.41) is 0. The van der Waals surface area contributed by atoms with Crippen molar-refractivity contribution in [3.05, 3.63) is 71.8 Å². The Hall–Kier alpha value is -2.98. The van der Waals surface area contributed by atoms with Gasteiger partial charge in [0.25, 0.3) is 0 Å². The lowest BCUT2D eigenvalue weighted by Crippen LogP contribution is -2.64. The molecule has 1 unspecified atom stereocenters. The summed E-state index contributed by atoms with van der Waals surface area (Å²) in [5.41, 5.74) is 1.60. The Morgan fingerprint density at radius 3 is 2.30 bits per heavy atom. The predicted octanol–water partition coefficient (Wildman–Crippen LogP) is 3.13. The Morgan fingerprint density at radius 2 is 1.64 bits per heavy atom. The topological polar surface area (TPSA) is 98.8 Å². The first-order valence-electron chi connectivity index (χ1n) is 10.6. The van der Waals surface area contributed by atoms with E-state index in [1.165, 1.54) is 14.0 Å². The summed E-state index contributed by atoms with van der Waals surface area (Å²) < 4.78 is 39.5. The molecule has 9 nitrogen and oxygen atoms in total. The van der Waals surface area contributed by atoms with Gasteiger partial charge in [-0.3, -0.25) is 4.79 Å². The van der Waals surface area contributed by atoms with E-state index >= 15 is 0 Å². The van der Waals surface area contributed by atoms with Gasteiger partial charge in [0.1, 0.15) is 18.8 Å². The first kappa shape index (κ1) is 23.2. The quantitative estimate of drug-likeness (QED) is 0.605. The van der Waals surface area contributed by atoms with E-state index in [0.717, 1.165) is 11.1 Å². The van der Waals surface area contributed by atoms with E-state index in [1.807, 2.05) is 60.7 Å². The van der Waals surface area contributed by atoms with Crippen LogP contribution >= 0.6 is 0 Å². The van der Waals surface area contributed by atoms with Crippen LogP contribution in [-0.2, 0) is 44.6 Å². The molecule has 2 fully saturated rings. The molecule has 9 heteroatoms. The van der Waals surface area contributed by atoms with Crippen molar-refractivity contribution in [1.82, 2.24) is 0 Å². The second kappa shape index (κ2) is 10.8. The minimum Gasteiger partial charge on any atom is -0.455 e. The summed E-state index contributed by atoms with van der Waals surface area (Å²) in [4.78, 5) is 24.4. The number of hydrogen-bond acceptors (Lipinski definition) is 9. The van der Waals surface area contributed by atoms with E-state index in [1.54, 1.807) is 0 Å². The molecule has 0 saturated carbocycles. The third-order valence-corrected chi connectivity index (χ3v) is 5.32. The fraction of sp³-hybridized carbons (Fsp3) is 0.417. The predicted molar refractivity (Wildman–Crippen MR) is 113 cm³/mol. The average molecular weight is 458 g/mol. The van der Waals surface area contributed by atoms with Crippen molar-refractivity contribution in [2.45, 2.75) is 50.5 Å². The molecule has 4 rings (SSSR count). The van der Waals surface area contributed by atoms with Crippen molar-refractivity contribution < 1.29 is 42.7 Å². The zero-order valence-electron chi connectivity index (χ0n) is 18.3. The molecule has 0 radical (unpaired) electrons. The van der Waals surface area contributed by atoms with Crippen LogP contribution in [0.5, 0.6) is 0 Å². The smallest absolute Gasteiger partial charge is 0.455 e. The lowest BCUT2D eigenvalue weighted by atomic mass is 9.97. The summed E-state index contributed by atoms with van der Waals surface area (Å²) in [6.07, 6.45) is -6.12. The van der Waals surface area contributed by atoms with Gasteiger partial charge in [-0.05, 0) is 5.56 Å². The summed E-state index contributed by atoms with van der Waals surface area (Å²) >= 11 is 0. The number of carbonyl (C=O) groups is 2. The zero-order valence-corrected chi connectivity index (χ0v) is 18.3. The summed E-state index contributed by atoms with van der Waals surface area (Å²) in [6, 6.07) is 18.5.